The number of anilines is 1. The van der Waals surface area contributed by atoms with Gasteiger partial charge in [0.25, 0.3) is 5.91 Å². The molecule has 26 heavy (non-hydrogen) atoms. The zero-order chi connectivity index (χ0) is 18.5. The van der Waals surface area contributed by atoms with Gasteiger partial charge in [-0.15, -0.1) is 0 Å². The molecule has 1 atom stereocenters. The third-order valence-electron chi connectivity index (χ3n) is 3.72. The van der Waals surface area contributed by atoms with E-state index in [2.05, 4.69) is 5.32 Å². The minimum atomic E-state index is -1.01. The van der Waals surface area contributed by atoms with Crippen LogP contribution in [0, 0.1) is 5.82 Å². The van der Waals surface area contributed by atoms with Crippen LogP contribution in [0.2, 0.25) is 0 Å². The number of nitrogens with one attached hydrogen (secondary N) is 1. The summed E-state index contributed by atoms with van der Waals surface area (Å²) in [6.45, 7) is 2.40. The third kappa shape index (κ3) is 4.50. The minimum absolute atomic E-state index is 0.00573. The lowest BCUT2D eigenvalue weighted by Crippen LogP contribution is -2.30. The Hall–Kier alpha value is -3.09. The first-order valence-electron chi connectivity index (χ1n) is 8.16. The standard InChI is InChI=1S/C19H18FNO5/c1-12(19(23)21-15-4-2-3-14(20)11-15)26-18(22)10-13-5-6-16-17(9-13)25-8-7-24-16/h2-6,9,11-12H,7-8,10H2,1H3,(H,21,23)/t12-/m0/s1. The van der Waals surface area contributed by atoms with Crippen molar-refractivity contribution >= 4 is 17.6 Å². The highest BCUT2D eigenvalue weighted by Gasteiger charge is 2.19. The first-order valence-corrected chi connectivity index (χ1v) is 8.16. The van der Waals surface area contributed by atoms with Crippen LogP contribution in [-0.4, -0.2) is 31.2 Å². The molecule has 1 heterocycles. The first-order chi connectivity index (χ1) is 12.5. The van der Waals surface area contributed by atoms with E-state index in [4.69, 9.17) is 14.2 Å². The predicted octanol–water partition coefficient (Wildman–Crippen LogP) is 2.71. The molecular formula is C19H18FNO5. The molecule has 3 rings (SSSR count). The van der Waals surface area contributed by atoms with Gasteiger partial charge in [0.1, 0.15) is 19.0 Å². The summed E-state index contributed by atoms with van der Waals surface area (Å²) in [6, 6.07) is 10.7. The van der Waals surface area contributed by atoms with Gasteiger partial charge < -0.3 is 19.5 Å². The fourth-order valence-corrected chi connectivity index (χ4v) is 2.47. The molecule has 0 aromatic heterocycles. The first kappa shape index (κ1) is 17.7. The van der Waals surface area contributed by atoms with E-state index in [9.17, 15) is 14.0 Å². The van der Waals surface area contributed by atoms with E-state index in [-0.39, 0.29) is 6.42 Å². The van der Waals surface area contributed by atoms with Gasteiger partial charge in [-0.05, 0) is 42.8 Å². The quantitative estimate of drug-likeness (QED) is 0.831. The molecule has 2 aromatic rings. The monoisotopic (exact) mass is 359 g/mol. The van der Waals surface area contributed by atoms with Crippen LogP contribution in [0.25, 0.3) is 0 Å². The van der Waals surface area contributed by atoms with Crippen LogP contribution in [0.5, 0.6) is 11.5 Å². The Labute approximate surface area is 149 Å². The van der Waals surface area contributed by atoms with E-state index < -0.39 is 23.8 Å². The number of amides is 1. The Bertz CT molecular complexity index is 823. The number of ether oxygens (including phenoxy) is 3. The van der Waals surface area contributed by atoms with Crippen LogP contribution < -0.4 is 14.8 Å². The lowest BCUT2D eigenvalue weighted by atomic mass is 10.1. The van der Waals surface area contributed by atoms with E-state index in [1.54, 1.807) is 24.3 Å². The second-order valence-corrected chi connectivity index (χ2v) is 5.79. The summed E-state index contributed by atoms with van der Waals surface area (Å²) < 4.78 is 29.2. The molecule has 7 heteroatoms. The Morgan fingerprint density at radius 1 is 1.15 bits per heavy atom. The summed E-state index contributed by atoms with van der Waals surface area (Å²) in [5.74, 6) is -0.338. The Kier molecular flexibility index (Phi) is 5.36. The molecule has 0 saturated heterocycles. The van der Waals surface area contributed by atoms with E-state index in [1.807, 2.05) is 0 Å². The Morgan fingerprint density at radius 3 is 2.69 bits per heavy atom. The number of hydrogen-bond acceptors (Lipinski definition) is 5. The molecular weight excluding hydrogens is 341 g/mol. The van der Waals surface area contributed by atoms with Crippen LogP contribution in [0.3, 0.4) is 0 Å². The zero-order valence-corrected chi connectivity index (χ0v) is 14.2. The summed E-state index contributed by atoms with van der Waals surface area (Å²) in [5.41, 5.74) is 0.988. The van der Waals surface area contributed by atoms with Gasteiger partial charge in [-0.25, -0.2) is 4.39 Å². The lowest BCUT2D eigenvalue weighted by molar-refractivity contribution is -0.152. The van der Waals surface area contributed by atoms with Crippen molar-refractivity contribution in [1.29, 1.82) is 0 Å². The molecule has 1 amide bonds. The smallest absolute Gasteiger partial charge is 0.311 e. The molecule has 2 aromatic carbocycles. The van der Waals surface area contributed by atoms with Crippen molar-refractivity contribution in [3.63, 3.8) is 0 Å². The average molecular weight is 359 g/mol. The van der Waals surface area contributed by atoms with Crippen molar-refractivity contribution in [3.05, 3.63) is 53.8 Å². The van der Waals surface area contributed by atoms with Gasteiger partial charge in [0, 0.05) is 5.69 Å². The van der Waals surface area contributed by atoms with Gasteiger partial charge >= 0.3 is 5.97 Å². The highest BCUT2D eigenvalue weighted by molar-refractivity contribution is 5.95. The molecule has 1 aliphatic rings. The second-order valence-electron chi connectivity index (χ2n) is 5.79. The van der Waals surface area contributed by atoms with Crippen molar-refractivity contribution in [3.8, 4) is 11.5 Å². The number of esters is 1. The van der Waals surface area contributed by atoms with Crippen molar-refractivity contribution in [1.82, 2.24) is 0 Å². The Balaban J connectivity index is 1.54. The minimum Gasteiger partial charge on any atom is -0.486 e. The van der Waals surface area contributed by atoms with E-state index in [0.29, 0.717) is 36.0 Å². The predicted molar refractivity (Wildman–Crippen MR) is 91.7 cm³/mol. The van der Waals surface area contributed by atoms with Crippen LogP contribution in [0.15, 0.2) is 42.5 Å². The number of fused-ring (bicyclic) bond motifs is 1. The molecule has 0 radical (unpaired) electrons. The summed E-state index contributed by atoms with van der Waals surface area (Å²) in [7, 11) is 0. The van der Waals surface area contributed by atoms with E-state index >= 15 is 0 Å². The SMILES string of the molecule is C[C@H](OC(=O)Cc1ccc2c(c1)OCCO2)C(=O)Nc1cccc(F)c1. The highest BCUT2D eigenvalue weighted by atomic mass is 19.1. The number of halogens is 1. The molecule has 0 aliphatic carbocycles. The third-order valence-corrected chi connectivity index (χ3v) is 3.72. The normalized spacial score (nSPS) is 13.6. The van der Waals surface area contributed by atoms with Gasteiger partial charge in [-0.3, -0.25) is 9.59 Å². The molecule has 136 valence electrons. The van der Waals surface area contributed by atoms with E-state index in [1.165, 1.54) is 25.1 Å². The van der Waals surface area contributed by atoms with Gasteiger partial charge in [0.2, 0.25) is 0 Å². The molecule has 1 N–H and O–H groups in total. The maximum absolute atomic E-state index is 13.1. The fourth-order valence-electron chi connectivity index (χ4n) is 2.47. The van der Waals surface area contributed by atoms with Crippen molar-refractivity contribution in [2.45, 2.75) is 19.4 Å². The number of carbonyl (C=O) groups excluding carboxylic acids is 2. The van der Waals surface area contributed by atoms with Gasteiger partial charge in [-0.2, -0.15) is 0 Å². The summed E-state index contributed by atoms with van der Waals surface area (Å²) >= 11 is 0. The molecule has 1 aliphatic heterocycles. The second kappa shape index (κ2) is 7.86. The van der Waals surface area contributed by atoms with Crippen molar-refractivity contribution < 1.29 is 28.2 Å². The maximum Gasteiger partial charge on any atom is 0.311 e. The number of rotatable bonds is 5. The van der Waals surface area contributed by atoms with Crippen LogP contribution in [0.4, 0.5) is 10.1 Å². The van der Waals surface area contributed by atoms with Crippen LogP contribution in [0.1, 0.15) is 12.5 Å². The van der Waals surface area contributed by atoms with Crippen LogP contribution in [-0.2, 0) is 20.7 Å². The summed E-state index contributed by atoms with van der Waals surface area (Å²) in [4.78, 5) is 24.1. The van der Waals surface area contributed by atoms with Crippen molar-refractivity contribution in [2.75, 3.05) is 18.5 Å². The van der Waals surface area contributed by atoms with Crippen LogP contribution >= 0.6 is 0 Å². The molecule has 6 nitrogen and oxygen atoms in total. The largest absolute Gasteiger partial charge is 0.486 e. The molecule has 0 fully saturated rings. The molecule has 0 saturated carbocycles. The van der Waals surface area contributed by atoms with E-state index in [0.717, 1.165) is 0 Å². The van der Waals surface area contributed by atoms with Gasteiger partial charge in [-0.1, -0.05) is 12.1 Å². The number of hydrogen-bond donors (Lipinski definition) is 1. The Morgan fingerprint density at radius 2 is 1.92 bits per heavy atom. The summed E-state index contributed by atoms with van der Waals surface area (Å²) in [6.07, 6.45) is -1.02. The molecule has 0 spiro atoms. The fraction of sp³-hybridized carbons (Fsp3) is 0.263. The molecule has 0 unspecified atom stereocenters. The maximum atomic E-state index is 13.1. The van der Waals surface area contributed by atoms with Crippen molar-refractivity contribution in [2.24, 2.45) is 0 Å². The topological polar surface area (TPSA) is 73.9 Å². The van der Waals surface area contributed by atoms with Gasteiger partial charge in [0.15, 0.2) is 17.6 Å². The lowest BCUT2D eigenvalue weighted by Gasteiger charge is -2.19. The van der Waals surface area contributed by atoms with Gasteiger partial charge in [0.05, 0.1) is 6.42 Å². The zero-order valence-electron chi connectivity index (χ0n) is 14.2. The average Bonchev–Trinajstić information content (AvgIpc) is 2.61. The number of carbonyl (C=O) groups is 2. The summed E-state index contributed by atoms with van der Waals surface area (Å²) in [5, 5.41) is 2.50. The highest BCUT2D eigenvalue weighted by Crippen LogP contribution is 2.30. The number of benzene rings is 2. The molecule has 0 bridgehead atoms.